The summed E-state index contributed by atoms with van der Waals surface area (Å²) in [4.78, 5) is 4.16. The van der Waals surface area contributed by atoms with E-state index in [9.17, 15) is 0 Å². The van der Waals surface area contributed by atoms with Crippen LogP contribution in [0.1, 0.15) is 48.9 Å². The van der Waals surface area contributed by atoms with Crippen molar-refractivity contribution < 1.29 is 4.74 Å². The molecule has 0 aliphatic carbocycles. The molecule has 2 atom stereocenters. The highest BCUT2D eigenvalue weighted by atomic mass is 16.5. The average molecular weight is 388 g/mol. The monoisotopic (exact) mass is 387 g/mol. The third kappa shape index (κ3) is 4.60. The minimum absolute atomic E-state index is 0.207. The quantitative estimate of drug-likeness (QED) is 0.552. The summed E-state index contributed by atoms with van der Waals surface area (Å²) in [5.41, 5.74) is 6.09. The Hall–Kier alpha value is -2.85. The fourth-order valence-corrected chi connectivity index (χ4v) is 4.09. The molecule has 1 aromatic heterocycles. The minimum atomic E-state index is 0.207. The van der Waals surface area contributed by atoms with E-state index >= 15 is 0 Å². The predicted octanol–water partition coefficient (Wildman–Crippen LogP) is 5.63. The number of fused-ring (bicyclic) bond motifs is 1. The van der Waals surface area contributed by atoms with Gasteiger partial charge in [0.2, 0.25) is 0 Å². The Morgan fingerprint density at radius 2 is 1.97 bits per heavy atom. The molecule has 4 nitrogen and oxygen atoms in total. The zero-order valence-corrected chi connectivity index (χ0v) is 17.2. The molecule has 0 fully saturated rings. The van der Waals surface area contributed by atoms with Crippen molar-refractivity contribution in [3.05, 3.63) is 83.7 Å². The van der Waals surface area contributed by atoms with Crippen molar-refractivity contribution in [1.29, 1.82) is 0 Å². The van der Waals surface area contributed by atoms with Crippen LogP contribution in [0.15, 0.2) is 67.0 Å². The number of anilines is 2. The first-order chi connectivity index (χ1) is 14.3. The van der Waals surface area contributed by atoms with Crippen LogP contribution in [0.2, 0.25) is 0 Å². The first-order valence-electron chi connectivity index (χ1n) is 10.5. The van der Waals surface area contributed by atoms with Gasteiger partial charge in [-0.15, -0.1) is 0 Å². The maximum absolute atomic E-state index is 5.48. The standard InChI is InChI=1S/C25H29N3O/c1-3-4-6-21-15-19-16-23(29-2)12-13-24(19)25(28-21)18-8-10-20(11-9-18)27-22-7-5-14-26-17-22/h5,7-14,16-17,21,25,27-28H,3-4,6,15H2,1-2H3/t21-,25?/m0/s1. The molecule has 1 unspecified atom stereocenters. The highest BCUT2D eigenvalue weighted by Crippen LogP contribution is 2.34. The number of benzene rings is 2. The number of aromatic nitrogens is 1. The van der Waals surface area contributed by atoms with Gasteiger partial charge in [0.1, 0.15) is 5.75 Å². The van der Waals surface area contributed by atoms with Crippen molar-refractivity contribution in [1.82, 2.24) is 10.3 Å². The van der Waals surface area contributed by atoms with Gasteiger partial charge in [-0.05, 0) is 65.9 Å². The van der Waals surface area contributed by atoms with Crippen LogP contribution >= 0.6 is 0 Å². The lowest BCUT2D eigenvalue weighted by molar-refractivity contribution is 0.396. The number of rotatable bonds is 7. The fraction of sp³-hybridized carbons (Fsp3) is 0.320. The summed E-state index contributed by atoms with van der Waals surface area (Å²) in [5.74, 6) is 0.940. The van der Waals surface area contributed by atoms with E-state index < -0.39 is 0 Å². The van der Waals surface area contributed by atoms with Crippen molar-refractivity contribution in [3.8, 4) is 5.75 Å². The van der Waals surface area contributed by atoms with Gasteiger partial charge in [0, 0.05) is 17.9 Å². The lowest BCUT2D eigenvalue weighted by Gasteiger charge is -2.34. The number of nitrogens with one attached hydrogen (secondary N) is 2. The lowest BCUT2D eigenvalue weighted by atomic mass is 9.85. The summed E-state index contributed by atoms with van der Waals surface area (Å²) in [7, 11) is 1.74. The van der Waals surface area contributed by atoms with Crippen LogP contribution in [0.25, 0.3) is 0 Å². The summed E-state index contributed by atoms with van der Waals surface area (Å²) in [5, 5.41) is 7.30. The molecule has 0 radical (unpaired) electrons. The fourth-order valence-electron chi connectivity index (χ4n) is 4.09. The summed E-state index contributed by atoms with van der Waals surface area (Å²) in [6.07, 6.45) is 8.34. The van der Waals surface area contributed by atoms with Crippen molar-refractivity contribution in [2.24, 2.45) is 0 Å². The van der Waals surface area contributed by atoms with Gasteiger partial charge in [-0.1, -0.05) is 38.0 Å². The third-order valence-corrected chi connectivity index (χ3v) is 5.63. The molecule has 4 rings (SSSR count). The smallest absolute Gasteiger partial charge is 0.119 e. The Morgan fingerprint density at radius 3 is 2.69 bits per heavy atom. The van der Waals surface area contributed by atoms with Gasteiger partial charge in [0.25, 0.3) is 0 Å². The Morgan fingerprint density at radius 1 is 1.10 bits per heavy atom. The average Bonchev–Trinajstić information content (AvgIpc) is 2.78. The van der Waals surface area contributed by atoms with Crippen LogP contribution in [0.4, 0.5) is 11.4 Å². The van der Waals surface area contributed by atoms with Gasteiger partial charge in [-0.25, -0.2) is 0 Å². The molecule has 0 spiro atoms. The van der Waals surface area contributed by atoms with Gasteiger partial charge in [0.15, 0.2) is 0 Å². The molecule has 0 amide bonds. The normalized spacial score (nSPS) is 18.1. The van der Waals surface area contributed by atoms with Crippen molar-refractivity contribution >= 4 is 11.4 Å². The molecular weight excluding hydrogens is 358 g/mol. The highest BCUT2D eigenvalue weighted by Gasteiger charge is 2.27. The van der Waals surface area contributed by atoms with E-state index in [1.54, 1.807) is 13.3 Å². The van der Waals surface area contributed by atoms with Crippen LogP contribution in [0, 0.1) is 0 Å². The van der Waals surface area contributed by atoms with Crippen LogP contribution in [0.5, 0.6) is 5.75 Å². The minimum Gasteiger partial charge on any atom is -0.497 e. The molecule has 3 aromatic rings. The first-order valence-corrected chi connectivity index (χ1v) is 10.5. The molecule has 2 aromatic carbocycles. The number of hydrogen-bond acceptors (Lipinski definition) is 4. The van der Waals surface area contributed by atoms with Gasteiger partial charge in [0.05, 0.1) is 25.0 Å². The van der Waals surface area contributed by atoms with Crippen LogP contribution < -0.4 is 15.4 Å². The molecule has 1 aliphatic heterocycles. The lowest BCUT2D eigenvalue weighted by Crippen LogP contribution is -2.39. The molecule has 4 heteroatoms. The number of pyridine rings is 1. The van der Waals surface area contributed by atoms with Crippen molar-refractivity contribution in [3.63, 3.8) is 0 Å². The van der Waals surface area contributed by atoms with E-state index in [2.05, 4.69) is 65.0 Å². The molecule has 0 bridgehead atoms. The summed E-state index contributed by atoms with van der Waals surface area (Å²) >= 11 is 0. The van der Waals surface area contributed by atoms with Gasteiger partial charge in [-0.3, -0.25) is 4.98 Å². The van der Waals surface area contributed by atoms with Crippen LogP contribution in [0.3, 0.4) is 0 Å². The maximum atomic E-state index is 5.48. The third-order valence-electron chi connectivity index (χ3n) is 5.63. The molecule has 0 saturated heterocycles. The van der Waals surface area contributed by atoms with Gasteiger partial charge >= 0.3 is 0 Å². The molecular formula is C25H29N3O. The van der Waals surface area contributed by atoms with Crippen LogP contribution in [-0.2, 0) is 6.42 Å². The molecule has 29 heavy (non-hydrogen) atoms. The highest BCUT2D eigenvalue weighted by molar-refractivity contribution is 5.59. The number of hydrogen-bond donors (Lipinski definition) is 2. The van der Waals surface area contributed by atoms with Gasteiger partial charge < -0.3 is 15.4 Å². The molecule has 150 valence electrons. The second kappa shape index (κ2) is 9.10. The van der Waals surface area contributed by atoms with Crippen molar-refractivity contribution in [2.45, 2.75) is 44.7 Å². The molecule has 1 aliphatic rings. The SMILES string of the molecule is CCCC[C@H]1Cc2cc(OC)ccc2C(c2ccc(Nc3cccnc3)cc2)N1. The van der Waals surface area contributed by atoms with E-state index in [4.69, 9.17) is 4.74 Å². The second-order valence-electron chi connectivity index (χ2n) is 7.70. The predicted molar refractivity (Wildman–Crippen MR) is 119 cm³/mol. The number of ether oxygens (including phenoxy) is 1. The maximum Gasteiger partial charge on any atom is 0.119 e. The second-order valence-corrected chi connectivity index (χ2v) is 7.70. The van der Waals surface area contributed by atoms with E-state index in [1.807, 2.05) is 18.3 Å². The largest absolute Gasteiger partial charge is 0.497 e. The van der Waals surface area contributed by atoms with Gasteiger partial charge in [-0.2, -0.15) is 0 Å². The number of methoxy groups -OCH3 is 1. The number of nitrogens with zero attached hydrogens (tertiary/aromatic N) is 1. The Bertz CT molecular complexity index is 925. The van der Waals surface area contributed by atoms with Crippen molar-refractivity contribution in [2.75, 3.05) is 12.4 Å². The topological polar surface area (TPSA) is 46.2 Å². The van der Waals surface area contributed by atoms with Crippen LogP contribution in [-0.4, -0.2) is 18.1 Å². The number of unbranched alkanes of at least 4 members (excludes halogenated alkanes) is 1. The molecule has 2 heterocycles. The van der Waals surface area contributed by atoms with E-state index in [1.165, 1.54) is 36.0 Å². The Labute approximate surface area is 173 Å². The zero-order chi connectivity index (χ0) is 20.1. The molecule has 0 saturated carbocycles. The van der Waals surface area contributed by atoms with E-state index in [0.717, 1.165) is 23.5 Å². The summed E-state index contributed by atoms with van der Waals surface area (Å²) in [6.45, 7) is 2.26. The Balaban J connectivity index is 1.59. The van der Waals surface area contributed by atoms with E-state index in [0.29, 0.717) is 6.04 Å². The van der Waals surface area contributed by atoms with E-state index in [-0.39, 0.29) is 6.04 Å². The Kier molecular flexibility index (Phi) is 6.11. The molecule has 2 N–H and O–H groups in total. The zero-order valence-electron chi connectivity index (χ0n) is 17.2. The summed E-state index contributed by atoms with van der Waals surface area (Å²) < 4.78 is 5.48. The first kappa shape index (κ1) is 19.5. The summed E-state index contributed by atoms with van der Waals surface area (Å²) in [6, 6.07) is 19.9.